The van der Waals surface area contributed by atoms with Gasteiger partial charge in [0.05, 0.1) is 6.54 Å². The third-order valence-corrected chi connectivity index (χ3v) is 3.68. The molecule has 2 heterocycles. The normalized spacial score (nSPS) is 25.4. The van der Waals surface area contributed by atoms with Gasteiger partial charge in [-0.1, -0.05) is 11.6 Å². The third-order valence-electron chi connectivity index (χ3n) is 3.68. The van der Waals surface area contributed by atoms with Crippen molar-refractivity contribution in [3.8, 4) is 0 Å². The molecular weight excluding hydrogens is 216 g/mol. The van der Waals surface area contributed by atoms with Crippen molar-refractivity contribution in [3.63, 3.8) is 0 Å². The molecule has 2 aliphatic rings. The zero-order valence-corrected chi connectivity index (χ0v) is 10.1. The van der Waals surface area contributed by atoms with Gasteiger partial charge in [0.15, 0.2) is 5.82 Å². The predicted molar refractivity (Wildman–Crippen MR) is 63.4 cm³/mol. The van der Waals surface area contributed by atoms with Crippen LogP contribution >= 0.6 is 0 Å². The number of nitrogens with zero attached hydrogens (tertiary/aromatic N) is 3. The number of aromatic nitrogens is 2. The van der Waals surface area contributed by atoms with Gasteiger partial charge in [-0.05, 0) is 32.2 Å². The molecule has 94 valence electrons. The molecule has 2 fully saturated rings. The summed E-state index contributed by atoms with van der Waals surface area (Å²) in [5, 5.41) is 7.52. The van der Waals surface area contributed by atoms with E-state index in [0.29, 0.717) is 6.04 Å². The molecule has 0 amide bonds. The summed E-state index contributed by atoms with van der Waals surface area (Å²) in [6.07, 6.45) is 8.05. The molecule has 1 aromatic rings. The first-order valence-electron chi connectivity index (χ1n) is 6.64. The van der Waals surface area contributed by atoms with Gasteiger partial charge >= 0.3 is 0 Å². The molecule has 1 saturated carbocycles. The fourth-order valence-electron chi connectivity index (χ4n) is 2.59. The molecule has 5 nitrogen and oxygen atoms in total. The summed E-state index contributed by atoms with van der Waals surface area (Å²) in [7, 11) is 0. The van der Waals surface area contributed by atoms with E-state index in [-0.39, 0.29) is 0 Å². The van der Waals surface area contributed by atoms with Crippen molar-refractivity contribution in [3.05, 3.63) is 12.2 Å². The minimum absolute atomic E-state index is 0.649. The van der Waals surface area contributed by atoms with Crippen LogP contribution in [-0.2, 0) is 6.54 Å². The quantitative estimate of drug-likeness (QED) is 0.832. The van der Waals surface area contributed by atoms with Crippen molar-refractivity contribution in [2.24, 2.45) is 0 Å². The summed E-state index contributed by atoms with van der Waals surface area (Å²) < 4.78 is 4.80. The van der Waals surface area contributed by atoms with Crippen molar-refractivity contribution in [2.75, 3.05) is 13.1 Å². The molecule has 1 aromatic heterocycles. The maximum Gasteiger partial charge on any atom is 0.213 e. The lowest BCUT2D eigenvalue weighted by Crippen LogP contribution is -2.44. The monoisotopic (exact) mass is 236 g/mol. The lowest BCUT2D eigenvalue weighted by atomic mass is 10.0. The fraction of sp³-hybridized carbons (Fsp3) is 0.833. The van der Waals surface area contributed by atoms with Crippen LogP contribution in [-0.4, -0.2) is 40.2 Å². The molecule has 0 bridgehead atoms. The van der Waals surface area contributed by atoms with E-state index in [9.17, 15) is 0 Å². The predicted octanol–water partition coefficient (Wildman–Crippen LogP) is 1.18. The second-order valence-corrected chi connectivity index (χ2v) is 5.15. The second-order valence-electron chi connectivity index (χ2n) is 5.15. The Morgan fingerprint density at radius 3 is 2.94 bits per heavy atom. The Balaban J connectivity index is 1.56. The zero-order valence-electron chi connectivity index (χ0n) is 10.1. The zero-order chi connectivity index (χ0) is 11.5. The Bertz CT molecular complexity index is 330. The fourth-order valence-corrected chi connectivity index (χ4v) is 2.59. The third kappa shape index (κ3) is 3.04. The largest absolute Gasteiger partial charge is 0.343 e. The molecule has 0 radical (unpaired) electrons. The van der Waals surface area contributed by atoms with E-state index in [0.717, 1.165) is 25.0 Å². The molecule has 17 heavy (non-hydrogen) atoms. The van der Waals surface area contributed by atoms with Gasteiger partial charge in [-0.25, -0.2) is 0 Å². The maximum absolute atomic E-state index is 4.80. The number of nitrogens with one attached hydrogen (secondary N) is 1. The summed E-state index contributed by atoms with van der Waals surface area (Å²) in [4.78, 5) is 6.63. The van der Waals surface area contributed by atoms with Gasteiger partial charge in [0.2, 0.25) is 6.39 Å². The lowest BCUT2D eigenvalue weighted by Gasteiger charge is -2.29. The van der Waals surface area contributed by atoms with Crippen molar-refractivity contribution in [1.82, 2.24) is 20.4 Å². The Morgan fingerprint density at radius 2 is 2.29 bits per heavy atom. The van der Waals surface area contributed by atoms with Crippen molar-refractivity contribution in [2.45, 2.75) is 50.7 Å². The van der Waals surface area contributed by atoms with Crippen LogP contribution in [0.15, 0.2) is 10.9 Å². The summed E-state index contributed by atoms with van der Waals surface area (Å²) in [5.74, 6) is 0.813. The molecule has 0 spiro atoms. The number of hydrogen-bond acceptors (Lipinski definition) is 5. The number of hydrogen-bond donors (Lipinski definition) is 1. The summed E-state index contributed by atoms with van der Waals surface area (Å²) >= 11 is 0. The molecular formula is C12H20N4O. The molecule has 5 heteroatoms. The van der Waals surface area contributed by atoms with Crippen LogP contribution in [0.1, 0.15) is 37.9 Å². The summed E-state index contributed by atoms with van der Waals surface area (Å²) in [6, 6.07) is 1.40. The lowest BCUT2D eigenvalue weighted by molar-refractivity contribution is 0.201. The molecule has 3 rings (SSSR count). The first-order valence-corrected chi connectivity index (χ1v) is 6.64. The highest BCUT2D eigenvalue weighted by atomic mass is 16.5. The topological polar surface area (TPSA) is 54.2 Å². The van der Waals surface area contributed by atoms with E-state index in [1.54, 1.807) is 0 Å². The summed E-state index contributed by atoms with van der Waals surface area (Å²) in [5.41, 5.74) is 0. The highest BCUT2D eigenvalue weighted by molar-refractivity contribution is 4.91. The van der Waals surface area contributed by atoms with Gasteiger partial charge in [0, 0.05) is 18.6 Å². The molecule has 1 aliphatic heterocycles. The van der Waals surface area contributed by atoms with Crippen molar-refractivity contribution < 1.29 is 4.52 Å². The molecule has 1 unspecified atom stereocenters. The van der Waals surface area contributed by atoms with Crippen LogP contribution in [0.4, 0.5) is 0 Å². The van der Waals surface area contributed by atoms with E-state index in [4.69, 9.17) is 4.52 Å². The van der Waals surface area contributed by atoms with Crippen LogP contribution in [0.3, 0.4) is 0 Å². The highest BCUT2D eigenvalue weighted by Gasteiger charge is 2.31. The van der Waals surface area contributed by atoms with Gasteiger partial charge < -0.3 is 9.84 Å². The maximum atomic E-state index is 4.80. The van der Waals surface area contributed by atoms with Gasteiger partial charge in [0.1, 0.15) is 0 Å². The highest BCUT2D eigenvalue weighted by Crippen LogP contribution is 2.28. The van der Waals surface area contributed by atoms with Crippen molar-refractivity contribution in [1.29, 1.82) is 0 Å². The van der Waals surface area contributed by atoms with E-state index >= 15 is 0 Å². The van der Waals surface area contributed by atoms with Crippen molar-refractivity contribution >= 4 is 0 Å². The van der Waals surface area contributed by atoms with E-state index in [1.807, 2.05) is 0 Å². The van der Waals surface area contributed by atoms with E-state index in [2.05, 4.69) is 20.4 Å². The first-order chi connectivity index (χ1) is 8.42. The SMILES string of the molecule is c1nc(CN(CC2CCCCN2)C2CC2)no1. The standard InChI is InChI=1S/C12H20N4O/c1-2-6-13-10(3-1)7-16(11-4-5-11)8-12-14-9-17-15-12/h9-11,13H,1-8H2. The van der Waals surface area contributed by atoms with E-state index < -0.39 is 0 Å². The molecule has 1 saturated heterocycles. The Labute approximate surface area is 102 Å². The average Bonchev–Trinajstić information content (AvgIpc) is 3.09. The molecule has 1 N–H and O–H groups in total. The minimum Gasteiger partial charge on any atom is -0.343 e. The van der Waals surface area contributed by atoms with Crippen LogP contribution < -0.4 is 5.32 Å². The smallest absolute Gasteiger partial charge is 0.213 e. The Morgan fingerprint density at radius 1 is 1.35 bits per heavy atom. The number of piperidine rings is 1. The van der Waals surface area contributed by atoms with Crippen LogP contribution in [0, 0.1) is 0 Å². The van der Waals surface area contributed by atoms with Crippen LogP contribution in [0.2, 0.25) is 0 Å². The van der Waals surface area contributed by atoms with Crippen LogP contribution in [0.25, 0.3) is 0 Å². The van der Waals surface area contributed by atoms with Gasteiger partial charge in [-0.2, -0.15) is 4.98 Å². The van der Waals surface area contributed by atoms with E-state index in [1.165, 1.54) is 45.0 Å². The molecule has 1 atom stereocenters. The van der Waals surface area contributed by atoms with Gasteiger partial charge in [-0.15, -0.1) is 0 Å². The second kappa shape index (κ2) is 5.14. The van der Waals surface area contributed by atoms with Crippen LogP contribution in [0.5, 0.6) is 0 Å². The summed E-state index contributed by atoms with van der Waals surface area (Å²) in [6.45, 7) is 3.13. The Hall–Kier alpha value is -0.940. The molecule has 0 aromatic carbocycles. The average molecular weight is 236 g/mol. The van der Waals surface area contributed by atoms with Gasteiger partial charge in [-0.3, -0.25) is 4.90 Å². The minimum atomic E-state index is 0.649. The first kappa shape index (κ1) is 11.2. The Kier molecular flexibility index (Phi) is 3.38. The molecule has 1 aliphatic carbocycles. The van der Waals surface area contributed by atoms with Gasteiger partial charge in [0.25, 0.3) is 0 Å². The number of rotatable bonds is 5.